The van der Waals surface area contributed by atoms with Crippen molar-refractivity contribution in [2.75, 3.05) is 5.32 Å². The molecule has 2 aromatic rings. The monoisotopic (exact) mass is 249 g/mol. The number of hydrogen-bond acceptors (Lipinski definition) is 3. The van der Waals surface area contributed by atoms with E-state index in [1.54, 1.807) is 0 Å². The minimum absolute atomic E-state index is 0.403. The Morgan fingerprint density at radius 1 is 1.47 bits per heavy atom. The van der Waals surface area contributed by atoms with Crippen molar-refractivity contribution in [3.05, 3.63) is 34.3 Å². The minimum Gasteiger partial charge on any atom is -0.353 e. The Kier molecular flexibility index (Phi) is 3.84. The van der Waals surface area contributed by atoms with Gasteiger partial charge in [-0.15, -0.1) is 11.3 Å². The number of aryl methyl sites for hydroxylation is 2. The molecule has 0 aliphatic carbocycles. The number of aromatic nitrogens is 2. The van der Waals surface area contributed by atoms with Crippen LogP contribution in [0, 0.1) is 6.92 Å². The summed E-state index contributed by atoms with van der Waals surface area (Å²) in [6.45, 7) is 7.42. The molecule has 92 valence electrons. The molecule has 2 heterocycles. The molecule has 0 fully saturated rings. The number of rotatable bonds is 5. The van der Waals surface area contributed by atoms with Gasteiger partial charge in [0.1, 0.15) is 0 Å². The SMILES string of the molecule is CCn1ccnc1NC(C)Cc1ccc(C)s1. The predicted octanol–water partition coefficient (Wildman–Crippen LogP) is 3.32. The lowest BCUT2D eigenvalue weighted by atomic mass is 10.2. The van der Waals surface area contributed by atoms with Crippen LogP contribution in [-0.4, -0.2) is 15.6 Å². The van der Waals surface area contributed by atoms with Crippen LogP contribution in [0.2, 0.25) is 0 Å². The molecule has 0 amide bonds. The summed E-state index contributed by atoms with van der Waals surface area (Å²) >= 11 is 1.87. The quantitative estimate of drug-likeness (QED) is 0.881. The van der Waals surface area contributed by atoms with E-state index in [9.17, 15) is 0 Å². The van der Waals surface area contributed by atoms with E-state index in [0.29, 0.717) is 6.04 Å². The van der Waals surface area contributed by atoms with Gasteiger partial charge in [0, 0.05) is 41.2 Å². The van der Waals surface area contributed by atoms with Crippen molar-refractivity contribution in [3.63, 3.8) is 0 Å². The number of imidazole rings is 1. The molecule has 0 aromatic carbocycles. The fourth-order valence-electron chi connectivity index (χ4n) is 1.87. The summed E-state index contributed by atoms with van der Waals surface area (Å²) in [5, 5.41) is 3.46. The molecule has 17 heavy (non-hydrogen) atoms. The summed E-state index contributed by atoms with van der Waals surface area (Å²) in [5.41, 5.74) is 0. The van der Waals surface area contributed by atoms with Crippen LogP contribution in [0.4, 0.5) is 5.95 Å². The summed E-state index contributed by atoms with van der Waals surface area (Å²) in [4.78, 5) is 7.13. The largest absolute Gasteiger partial charge is 0.353 e. The van der Waals surface area contributed by atoms with Crippen molar-refractivity contribution in [1.82, 2.24) is 9.55 Å². The van der Waals surface area contributed by atoms with Gasteiger partial charge in [-0.05, 0) is 32.9 Å². The second-order valence-corrected chi connectivity index (χ2v) is 5.67. The van der Waals surface area contributed by atoms with Crippen LogP contribution in [0.3, 0.4) is 0 Å². The highest BCUT2D eigenvalue weighted by atomic mass is 32.1. The zero-order valence-electron chi connectivity index (χ0n) is 10.6. The number of nitrogens with zero attached hydrogens (tertiary/aromatic N) is 2. The summed E-state index contributed by atoms with van der Waals surface area (Å²) in [7, 11) is 0. The third-order valence-electron chi connectivity index (χ3n) is 2.74. The van der Waals surface area contributed by atoms with Gasteiger partial charge in [0.2, 0.25) is 5.95 Å². The molecule has 0 spiro atoms. The molecule has 0 aliphatic heterocycles. The molecule has 4 heteroatoms. The van der Waals surface area contributed by atoms with E-state index < -0.39 is 0 Å². The molecule has 0 radical (unpaired) electrons. The maximum Gasteiger partial charge on any atom is 0.202 e. The van der Waals surface area contributed by atoms with E-state index in [4.69, 9.17) is 0 Å². The average molecular weight is 249 g/mol. The van der Waals surface area contributed by atoms with Crippen molar-refractivity contribution in [2.24, 2.45) is 0 Å². The smallest absolute Gasteiger partial charge is 0.202 e. The van der Waals surface area contributed by atoms with E-state index in [1.165, 1.54) is 9.75 Å². The fourth-order valence-corrected chi connectivity index (χ4v) is 2.89. The first-order valence-electron chi connectivity index (χ1n) is 6.02. The highest BCUT2D eigenvalue weighted by Gasteiger charge is 2.08. The van der Waals surface area contributed by atoms with E-state index >= 15 is 0 Å². The van der Waals surface area contributed by atoms with Gasteiger partial charge in [0.25, 0.3) is 0 Å². The fraction of sp³-hybridized carbons (Fsp3) is 0.462. The number of nitrogens with one attached hydrogen (secondary N) is 1. The van der Waals surface area contributed by atoms with Crippen LogP contribution in [-0.2, 0) is 13.0 Å². The Morgan fingerprint density at radius 2 is 2.29 bits per heavy atom. The van der Waals surface area contributed by atoms with E-state index in [-0.39, 0.29) is 0 Å². The standard InChI is InChI=1S/C13H19N3S/c1-4-16-8-7-14-13(16)15-10(2)9-12-6-5-11(3)17-12/h5-8,10H,4,9H2,1-3H3,(H,14,15). The zero-order chi connectivity index (χ0) is 12.3. The molecule has 1 atom stereocenters. The Bertz CT molecular complexity index is 472. The van der Waals surface area contributed by atoms with Crippen LogP contribution in [0.5, 0.6) is 0 Å². The third kappa shape index (κ3) is 3.09. The lowest BCUT2D eigenvalue weighted by Crippen LogP contribution is -2.20. The molecule has 1 unspecified atom stereocenters. The molecular formula is C13H19N3S. The minimum atomic E-state index is 0.403. The Balaban J connectivity index is 1.95. The zero-order valence-corrected chi connectivity index (χ0v) is 11.4. The van der Waals surface area contributed by atoms with Gasteiger partial charge < -0.3 is 9.88 Å². The highest BCUT2D eigenvalue weighted by molar-refractivity contribution is 7.11. The molecule has 2 aromatic heterocycles. The molecular weight excluding hydrogens is 230 g/mol. The second-order valence-electron chi connectivity index (χ2n) is 4.30. The van der Waals surface area contributed by atoms with Crippen LogP contribution in [0.1, 0.15) is 23.6 Å². The molecule has 0 saturated carbocycles. The van der Waals surface area contributed by atoms with Crippen molar-refractivity contribution >= 4 is 17.3 Å². The van der Waals surface area contributed by atoms with Gasteiger partial charge in [0.15, 0.2) is 0 Å². The lowest BCUT2D eigenvalue weighted by molar-refractivity contribution is 0.726. The van der Waals surface area contributed by atoms with Crippen LogP contribution in [0.25, 0.3) is 0 Å². The topological polar surface area (TPSA) is 29.9 Å². The number of anilines is 1. The summed E-state index contributed by atoms with van der Waals surface area (Å²) in [5.74, 6) is 0.966. The lowest BCUT2D eigenvalue weighted by Gasteiger charge is -2.14. The first kappa shape index (κ1) is 12.2. The van der Waals surface area contributed by atoms with Gasteiger partial charge in [-0.2, -0.15) is 0 Å². The molecule has 0 aliphatic rings. The van der Waals surface area contributed by atoms with Gasteiger partial charge in [-0.25, -0.2) is 4.98 Å². The highest BCUT2D eigenvalue weighted by Crippen LogP contribution is 2.18. The van der Waals surface area contributed by atoms with Gasteiger partial charge in [-0.3, -0.25) is 0 Å². The molecule has 1 N–H and O–H groups in total. The van der Waals surface area contributed by atoms with Crippen molar-refractivity contribution in [2.45, 2.75) is 39.8 Å². The molecule has 3 nitrogen and oxygen atoms in total. The summed E-state index contributed by atoms with van der Waals surface area (Å²) < 4.78 is 2.12. The van der Waals surface area contributed by atoms with Crippen LogP contribution in [0.15, 0.2) is 24.5 Å². The van der Waals surface area contributed by atoms with E-state index in [1.807, 2.05) is 23.7 Å². The second kappa shape index (κ2) is 5.36. The maximum absolute atomic E-state index is 4.33. The van der Waals surface area contributed by atoms with Gasteiger partial charge in [0.05, 0.1) is 0 Å². The third-order valence-corrected chi connectivity index (χ3v) is 3.76. The van der Waals surface area contributed by atoms with E-state index in [0.717, 1.165) is 18.9 Å². The Morgan fingerprint density at radius 3 is 2.94 bits per heavy atom. The summed E-state index contributed by atoms with van der Waals surface area (Å²) in [6, 6.07) is 4.80. The van der Waals surface area contributed by atoms with Gasteiger partial charge >= 0.3 is 0 Å². The summed E-state index contributed by atoms with van der Waals surface area (Å²) in [6.07, 6.45) is 4.90. The first-order chi connectivity index (χ1) is 8.19. The predicted molar refractivity (Wildman–Crippen MR) is 73.7 cm³/mol. The molecule has 2 rings (SSSR count). The molecule has 0 saturated heterocycles. The normalized spacial score (nSPS) is 12.6. The van der Waals surface area contributed by atoms with Gasteiger partial charge in [-0.1, -0.05) is 0 Å². The van der Waals surface area contributed by atoms with Crippen molar-refractivity contribution in [1.29, 1.82) is 0 Å². The molecule has 0 bridgehead atoms. The van der Waals surface area contributed by atoms with E-state index in [2.05, 4.69) is 47.8 Å². The number of hydrogen-bond donors (Lipinski definition) is 1. The average Bonchev–Trinajstić information content (AvgIpc) is 2.87. The van der Waals surface area contributed by atoms with Crippen LogP contribution >= 0.6 is 11.3 Å². The Hall–Kier alpha value is -1.29. The van der Waals surface area contributed by atoms with Crippen LogP contribution < -0.4 is 5.32 Å². The maximum atomic E-state index is 4.33. The van der Waals surface area contributed by atoms with Crippen molar-refractivity contribution in [3.8, 4) is 0 Å². The number of thiophene rings is 1. The van der Waals surface area contributed by atoms with Crippen molar-refractivity contribution < 1.29 is 0 Å². The first-order valence-corrected chi connectivity index (χ1v) is 6.83. The Labute approximate surface area is 107 Å².